The number of carboxylic acid groups (broad SMARTS) is 1. The Morgan fingerprint density at radius 1 is 1.36 bits per heavy atom. The highest BCUT2D eigenvalue weighted by Crippen LogP contribution is 2.48. The second-order valence-electron chi connectivity index (χ2n) is 6.92. The van der Waals surface area contributed by atoms with E-state index in [1.165, 1.54) is 6.07 Å². The number of aliphatic imine (C=N–C) groups is 1. The first kappa shape index (κ1) is 17.8. The predicted molar refractivity (Wildman–Crippen MR) is 88.9 cm³/mol. The monoisotopic (exact) mass is 352 g/mol. The molecule has 3 rings (SSSR count). The first-order chi connectivity index (χ1) is 11.8. The highest BCUT2D eigenvalue weighted by atomic mass is 19.3. The van der Waals surface area contributed by atoms with Gasteiger partial charge in [0.15, 0.2) is 5.60 Å². The number of aliphatic carboxylic acids is 1. The molecule has 0 amide bonds. The summed E-state index contributed by atoms with van der Waals surface area (Å²) >= 11 is 0. The van der Waals surface area contributed by atoms with E-state index in [1.54, 1.807) is 24.5 Å². The molecule has 1 aromatic carbocycles. The fraction of sp³-hybridized carbons (Fsp3) is 0.556. The van der Waals surface area contributed by atoms with Crippen LogP contribution in [0.25, 0.3) is 0 Å². The van der Waals surface area contributed by atoms with Crippen LogP contribution in [-0.2, 0) is 16.8 Å². The van der Waals surface area contributed by atoms with Gasteiger partial charge in [0.1, 0.15) is 0 Å². The van der Waals surface area contributed by atoms with Gasteiger partial charge in [-0.25, -0.2) is 13.6 Å². The molecule has 0 spiro atoms. The van der Waals surface area contributed by atoms with Crippen LogP contribution in [0.2, 0.25) is 0 Å². The first-order valence-corrected chi connectivity index (χ1v) is 8.49. The number of carbonyl (C=O) groups is 1. The number of carboxylic acids is 1. The molecule has 1 aliphatic carbocycles. The predicted octanol–water partition coefficient (Wildman–Crippen LogP) is 2.33. The third-order valence-electron chi connectivity index (χ3n) is 5.22. The van der Waals surface area contributed by atoms with Crippen molar-refractivity contribution in [3.05, 3.63) is 35.4 Å². The largest absolute Gasteiger partial charge is 0.479 e. The second kappa shape index (κ2) is 6.71. The molecule has 1 saturated carbocycles. The molecule has 7 heteroatoms. The Hall–Kier alpha value is -2.02. The minimum Gasteiger partial charge on any atom is -0.479 e. The molecule has 136 valence electrons. The van der Waals surface area contributed by atoms with Crippen molar-refractivity contribution < 1.29 is 23.8 Å². The summed E-state index contributed by atoms with van der Waals surface area (Å²) in [6, 6.07) is 6.76. The zero-order valence-corrected chi connectivity index (χ0v) is 13.8. The van der Waals surface area contributed by atoms with E-state index in [2.05, 4.69) is 10.3 Å². The number of aliphatic hydroxyl groups is 1. The summed E-state index contributed by atoms with van der Waals surface area (Å²) < 4.78 is 27.3. The van der Waals surface area contributed by atoms with E-state index in [9.17, 15) is 23.8 Å². The number of hydrogen-bond donors (Lipinski definition) is 3. The number of benzene rings is 1. The van der Waals surface area contributed by atoms with Gasteiger partial charge >= 0.3 is 5.97 Å². The molecule has 3 atom stereocenters. The number of nitrogens with zero attached hydrogens (tertiary/aromatic N) is 1. The number of nitrogens with one attached hydrogen (secondary N) is 1. The molecule has 0 radical (unpaired) electrons. The summed E-state index contributed by atoms with van der Waals surface area (Å²) in [5.74, 6) is -5.41. The van der Waals surface area contributed by atoms with Gasteiger partial charge in [-0.15, -0.1) is 0 Å². The summed E-state index contributed by atoms with van der Waals surface area (Å²) in [5.41, 5.74) is -1.43. The molecule has 0 unspecified atom stereocenters. The molecule has 0 saturated heterocycles. The fourth-order valence-corrected chi connectivity index (χ4v) is 3.85. The SMILES string of the molecule is O=C(O)[C@](O)(c1ccccc1C[C@@H]1CCN=CN1)[C@@H]1CCC(F)(F)C1. The van der Waals surface area contributed by atoms with Crippen LogP contribution in [-0.4, -0.2) is 41.0 Å². The first-order valence-electron chi connectivity index (χ1n) is 8.49. The van der Waals surface area contributed by atoms with Crippen LogP contribution in [0.15, 0.2) is 29.3 Å². The van der Waals surface area contributed by atoms with Crippen molar-refractivity contribution in [2.75, 3.05) is 6.54 Å². The lowest BCUT2D eigenvalue weighted by molar-refractivity contribution is -0.167. The maximum absolute atomic E-state index is 13.6. The van der Waals surface area contributed by atoms with Gasteiger partial charge in [0.2, 0.25) is 5.92 Å². The Balaban J connectivity index is 1.94. The number of hydrogen-bond acceptors (Lipinski definition) is 4. The lowest BCUT2D eigenvalue weighted by atomic mass is 9.77. The zero-order valence-electron chi connectivity index (χ0n) is 13.8. The van der Waals surface area contributed by atoms with Crippen molar-refractivity contribution in [1.29, 1.82) is 0 Å². The van der Waals surface area contributed by atoms with Gasteiger partial charge < -0.3 is 15.5 Å². The number of alkyl halides is 2. The van der Waals surface area contributed by atoms with Gasteiger partial charge in [0, 0.05) is 31.3 Å². The van der Waals surface area contributed by atoms with E-state index in [4.69, 9.17) is 0 Å². The Morgan fingerprint density at radius 3 is 2.72 bits per heavy atom. The Labute approximate surface area is 144 Å². The van der Waals surface area contributed by atoms with E-state index in [0.717, 1.165) is 6.42 Å². The molecule has 0 bridgehead atoms. The van der Waals surface area contributed by atoms with Crippen molar-refractivity contribution in [2.45, 2.75) is 49.7 Å². The standard InChI is InChI=1S/C18H22F2N2O3/c19-17(20)7-5-13(10-17)18(25,16(23)24)15-4-2-1-3-12(15)9-14-6-8-21-11-22-14/h1-4,11,13-14,25H,5-10H2,(H,21,22)(H,23,24)/t13-,14+,18-/m1/s1. The lowest BCUT2D eigenvalue weighted by Crippen LogP contribution is -2.44. The third-order valence-corrected chi connectivity index (χ3v) is 5.22. The average Bonchev–Trinajstić information content (AvgIpc) is 2.96. The highest BCUT2D eigenvalue weighted by Gasteiger charge is 2.54. The van der Waals surface area contributed by atoms with Crippen LogP contribution >= 0.6 is 0 Å². The summed E-state index contributed by atoms with van der Waals surface area (Å²) in [5, 5.41) is 23.9. The van der Waals surface area contributed by atoms with Crippen LogP contribution in [0.1, 0.15) is 36.8 Å². The molecule has 1 aliphatic heterocycles. The Bertz CT molecular complexity index is 680. The van der Waals surface area contributed by atoms with Crippen LogP contribution in [0.5, 0.6) is 0 Å². The minimum absolute atomic E-state index is 0.0154. The minimum atomic E-state index is -2.93. The molecule has 1 fully saturated rings. The van der Waals surface area contributed by atoms with Gasteiger partial charge in [0.05, 0.1) is 6.34 Å². The van der Waals surface area contributed by atoms with Crippen molar-refractivity contribution in [1.82, 2.24) is 5.32 Å². The van der Waals surface area contributed by atoms with Crippen LogP contribution in [0, 0.1) is 5.92 Å². The van der Waals surface area contributed by atoms with Crippen molar-refractivity contribution in [3.63, 3.8) is 0 Å². The molecule has 0 aromatic heterocycles. The zero-order chi connectivity index (χ0) is 18.1. The maximum atomic E-state index is 13.6. The molecule has 2 aliphatic rings. The second-order valence-corrected chi connectivity index (χ2v) is 6.92. The molecule has 25 heavy (non-hydrogen) atoms. The summed E-state index contributed by atoms with van der Waals surface area (Å²) in [6.07, 6.45) is 1.89. The highest BCUT2D eigenvalue weighted by molar-refractivity contribution is 5.80. The maximum Gasteiger partial charge on any atom is 0.340 e. The molecule has 5 nitrogen and oxygen atoms in total. The summed E-state index contributed by atoms with van der Waals surface area (Å²) in [4.78, 5) is 16.0. The summed E-state index contributed by atoms with van der Waals surface area (Å²) in [7, 11) is 0. The van der Waals surface area contributed by atoms with Crippen molar-refractivity contribution in [3.8, 4) is 0 Å². The van der Waals surface area contributed by atoms with Gasteiger partial charge in [-0.2, -0.15) is 0 Å². The smallest absolute Gasteiger partial charge is 0.340 e. The Kier molecular flexibility index (Phi) is 4.77. The van der Waals surface area contributed by atoms with Crippen molar-refractivity contribution in [2.24, 2.45) is 10.9 Å². The van der Waals surface area contributed by atoms with E-state index >= 15 is 0 Å². The summed E-state index contributed by atoms with van der Waals surface area (Å²) in [6.45, 7) is 0.678. The van der Waals surface area contributed by atoms with E-state index in [-0.39, 0.29) is 18.0 Å². The Morgan fingerprint density at radius 2 is 2.12 bits per heavy atom. The quantitative estimate of drug-likeness (QED) is 0.760. The van der Waals surface area contributed by atoms with Crippen molar-refractivity contribution >= 4 is 12.3 Å². The number of rotatable bonds is 5. The number of halogens is 2. The molecular weight excluding hydrogens is 330 g/mol. The third kappa shape index (κ3) is 3.51. The van der Waals surface area contributed by atoms with E-state index < -0.39 is 36.3 Å². The van der Waals surface area contributed by atoms with Gasteiger partial charge in [-0.05, 0) is 30.4 Å². The fourth-order valence-electron chi connectivity index (χ4n) is 3.85. The van der Waals surface area contributed by atoms with Crippen LogP contribution in [0.3, 0.4) is 0 Å². The van der Waals surface area contributed by atoms with Crippen LogP contribution < -0.4 is 5.32 Å². The average molecular weight is 352 g/mol. The van der Waals surface area contributed by atoms with Crippen LogP contribution in [0.4, 0.5) is 8.78 Å². The molecule has 1 aromatic rings. The molecule has 1 heterocycles. The topological polar surface area (TPSA) is 81.9 Å². The lowest BCUT2D eigenvalue weighted by Gasteiger charge is -2.33. The van der Waals surface area contributed by atoms with Gasteiger partial charge in [0.25, 0.3) is 0 Å². The normalized spacial score (nSPS) is 27.5. The van der Waals surface area contributed by atoms with E-state index in [1.807, 2.05) is 0 Å². The van der Waals surface area contributed by atoms with Gasteiger partial charge in [-0.3, -0.25) is 4.99 Å². The molecule has 3 N–H and O–H groups in total. The molecular formula is C18H22F2N2O3. The van der Waals surface area contributed by atoms with Gasteiger partial charge in [-0.1, -0.05) is 24.3 Å². The van der Waals surface area contributed by atoms with E-state index in [0.29, 0.717) is 18.5 Å².